The summed E-state index contributed by atoms with van der Waals surface area (Å²) in [6, 6.07) is 14.7. The van der Waals surface area contributed by atoms with Gasteiger partial charge in [-0.3, -0.25) is 24.0 Å². The van der Waals surface area contributed by atoms with Crippen molar-refractivity contribution in [2.75, 3.05) is 40.6 Å². The maximum absolute atomic E-state index is 14.8. The van der Waals surface area contributed by atoms with Crippen molar-refractivity contribution in [3.05, 3.63) is 107 Å². The summed E-state index contributed by atoms with van der Waals surface area (Å²) in [5.74, 6) is -11.4. The summed E-state index contributed by atoms with van der Waals surface area (Å²) in [5, 5.41) is 34.3. The lowest BCUT2D eigenvalue weighted by atomic mass is 9.78. The highest BCUT2D eigenvalue weighted by atomic mass is 16.7. The molecule has 470 valence electrons. The number of fused-ring (bicyclic) bond motifs is 8. The second kappa shape index (κ2) is 28.8. The standard InChI is InChI=1S/C69H93NO16/c1-41-20-12-11-13-21-42(2)58(80-9)36-49-29-27-47(7)68(79,86-49)63(75)64(76)70-31-19-18-26-55(70)65(77)84-59(37-56(72)43(3)33-46(6)62(74)52(38-71)61(73)45(5)32-41)44(4)34-48-28-30-57(60(35-48)81-10)85-66(78)67(8)39-82-69(83-40-67)53-24-16-14-22-50(53)51-23-15-17-25-54(51)69/h11-17,20-25,33,41,44-49,52,55,57-60,62,71,74,79H,18-19,26-32,34-40H2,1-10H3/b13-11?,20-12?,42-21?,43-33+/t41-,44-,45-,46?,47-,48+,49+,52+,55+,57-,58+,59+,60-,62-,68-/m1/s1. The number of rotatable bonds is 8. The van der Waals surface area contributed by atoms with Gasteiger partial charge in [0.1, 0.15) is 29.4 Å². The Labute approximate surface area is 507 Å². The number of allylic oxidation sites excluding steroid dienone is 6. The molecule has 1 spiro atoms. The van der Waals surface area contributed by atoms with Crippen LogP contribution < -0.4 is 0 Å². The average Bonchev–Trinajstić information content (AvgIpc) is 1.56. The van der Waals surface area contributed by atoms with Crippen LogP contribution >= 0.6 is 0 Å². The highest BCUT2D eigenvalue weighted by Gasteiger charge is 2.55. The summed E-state index contributed by atoms with van der Waals surface area (Å²) in [6.07, 6.45) is 11.1. The summed E-state index contributed by atoms with van der Waals surface area (Å²) in [6.45, 7) is 13.8. The number of ketones is 3. The topological polar surface area (TPSA) is 231 Å². The van der Waals surface area contributed by atoms with E-state index in [2.05, 4.69) is 0 Å². The number of hydrogen-bond donors (Lipinski definition) is 3. The molecule has 4 heterocycles. The monoisotopic (exact) mass is 1190 g/mol. The molecule has 2 bridgehead atoms. The van der Waals surface area contributed by atoms with E-state index >= 15 is 0 Å². The molecule has 3 N–H and O–H groups in total. The molecule has 2 aromatic rings. The first kappa shape index (κ1) is 66.5. The van der Waals surface area contributed by atoms with Crippen LogP contribution in [0.3, 0.4) is 0 Å². The summed E-state index contributed by atoms with van der Waals surface area (Å²) in [4.78, 5) is 87.4. The normalized spacial score (nSPS) is 34.5. The van der Waals surface area contributed by atoms with Crippen molar-refractivity contribution >= 4 is 35.2 Å². The van der Waals surface area contributed by atoms with Gasteiger partial charge in [0.25, 0.3) is 11.7 Å². The number of aliphatic hydroxyl groups is 3. The number of carbonyl (C=O) groups is 6. The van der Waals surface area contributed by atoms with Gasteiger partial charge in [0.15, 0.2) is 5.78 Å². The van der Waals surface area contributed by atoms with Crippen LogP contribution in [0.2, 0.25) is 0 Å². The van der Waals surface area contributed by atoms with Crippen molar-refractivity contribution in [2.45, 2.75) is 187 Å². The number of carbonyl (C=O) groups excluding carboxylic acids is 6. The van der Waals surface area contributed by atoms with Gasteiger partial charge in [-0.25, -0.2) is 4.79 Å². The van der Waals surface area contributed by atoms with Gasteiger partial charge in [0, 0.05) is 62.5 Å². The van der Waals surface area contributed by atoms with E-state index < -0.39 is 119 Å². The molecule has 86 heavy (non-hydrogen) atoms. The highest BCUT2D eigenvalue weighted by molar-refractivity contribution is 6.39. The number of aliphatic hydroxyl groups excluding tert-OH is 2. The first-order chi connectivity index (χ1) is 41.0. The fraction of sp³-hybridized carbons (Fsp3) is 0.623. The Morgan fingerprint density at radius 3 is 2.14 bits per heavy atom. The van der Waals surface area contributed by atoms with Gasteiger partial charge < -0.3 is 53.4 Å². The number of methoxy groups -OCH3 is 2. The minimum Gasteiger partial charge on any atom is -0.460 e. The minimum absolute atomic E-state index is 0.0301. The van der Waals surface area contributed by atoms with Crippen LogP contribution in [0.15, 0.2) is 96.1 Å². The average molecular weight is 1190 g/mol. The van der Waals surface area contributed by atoms with E-state index in [0.717, 1.165) is 27.8 Å². The number of benzene rings is 2. The van der Waals surface area contributed by atoms with Crippen molar-refractivity contribution in [3.63, 3.8) is 0 Å². The van der Waals surface area contributed by atoms with E-state index in [9.17, 15) is 44.1 Å². The third kappa shape index (κ3) is 14.5. The highest BCUT2D eigenvalue weighted by Crippen LogP contribution is 2.53. The van der Waals surface area contributed by atoms with E-state index in [1.54, 1.807) is 54.9 Å². The molecule has 3 saturated heterocycles. The molecular weight excluding hydrogens is 1100 g/mol. The number of hydrogen-bond acceptors (Lipinski definition) is 16. The number of nitrogens with zero attached hydrogens (tertiary/aromatic N) is 1. The Morgan fingerprint density at radius 1 is 0.814 bits per heavy atom. The molecule has 4 fully saturated rings. The lowest BCUT2D eigenvalue weighted by Crippen LogP contribution is -2.61. The minimum atomic E-state index is -2.48. The van der Waals surface area contributed by atoms with Crippen LogP contribution in [0, 0.1) is 46.8 Å². The van der Waals surface area contributed by atoms with Gasteiger partial charge in [0.05, 0.1) is 50.2 Å². The predicted molar refractivity (Wildman–Crippen MR) is 321 cm³/mol. The van der Waals surface area contributed by atoms with E-state index in [-0.39, 0.29) is 68.0 Å². The number of Topliss-reactive ketones (excluding diaryl/α,β-unsaturated/α-hetero) is 3. The number of esters is 2. The largest absolute Gasteiger partial charge is 0.460 e. The molecule has 8 rings (SSSR count). The second-order valence-corrected chi connectivity index (χ2v) is 26.0. The maximum Gasteiger partial charge on any atom is 0.329 e. The molecule has 1 unspecified atom stereocenters. The van der Waals surface area contributed by atoms with E-state index in [0.29, 0.717) is 57.8 Å². The molecule has 1 amide bonds. The SMILES string of the molecule is CO[C@H]1C[C@@H]2CC[C@@H](C)[C@@](O)(O2)C(=O)C(=O)N2CCCC[C@H]2C(=O)O[C@H]([C@H](C)C[C@@H]2CC[C@@H](OC(=O)C3(C)COC4(OC3)c3ccccc3-c3ccccc34)[C@H](OC)C2)CC(=O)/C(C)=C/C(C)[C@@H](O)[C@@H](CO)C(=O)[C@H](C)C[C@H](C)C=CC=CC=C1C. The summed E-state index contributed by atoms with van der Waals surface area (Å²) in [5.41, 5.74) is 3.80. The molecule has 17 nitrogen and oxygen atoms in total. The second-order valence-electron chi connectivity index (χ2n) is 26.0. The molecule has 1 saturated carbocycles. The zero-order valence-electron chi connectivity index (χ0n) is 52.1. The smallest absolute Gasteiger partial charge is 0.329 e. The quantitative estimate of drug-likeness (QED) is 0.165. The number of amides is 1. The van der Waals surface area contributed by atoms with Gasteiger partial charge in [0.2, 0.25) is 11.6 Å². The first-order valence-corrected chi connectivity index (χ1v) is 31.2. The molecule has 17 heteroatoms. The molecule has 0 radical (unpaired) electrons. The third-order valence-electron chi connectivity index (χ3n) is 19.4. The molecular formula is C69H93NO16. The zero-order chi connectivity index (χ0) is 62.3. The Morgan fingerprint density at radius 2 is 1.49 bits per heavy atom. The fourth-order valence-electron chi connectivity index (χ4n) is 13.8. The van der Waals surface area contributed by atoms with Crippen LogP contribution in [-0.2, 0) is 67.7 Å². The molecule has 2 aliphatic carbocycles. The Hall–Kier alpha value is -5.50. The fourth-order valence-corrected chi connectivity index (χ4v) is 13.8. The van der Waals surface area contributed by atoms with Crippen LogP contribution in [-0.4, -0.2) is 144 Å². The predicted octanol–water partition coefficient (Wildman–Crippen LogP) is 9.26. The van der Waals surface area contributed by atoms with Crippen LogP contribution in [0.4, 0.5) is 0 Å². The van der Waals surface area contributed by atoms with E-state index in [4.69, 9.17) is 33.2 Å². The first-order valence-electron chi connectivity index (χ1n) is 31.2. The summed E-state index contributed by atoms with van der Waals surface area (Å²) < 4.78 is 44.0. The van der Waals surface area contributed by atoms with Gasteiger partial charge in [-0.2, -0.15) is 0 Å². The molecule has 6 aliphatic rings. The summed E-state index contributed by atoms with van der Waals surface area (Å²) in [7, 11) is 3.15. The molecule has 2 aromatic carbocycles. The molecule has 0 aromatic heterocycles. The van der Waals surface area contributed by atoms with E-state index in [1.807, 2.05) is 99.7 Å². The van der Waals surface area contributed by atoms with E-state index in [1.165, 1.54) is 4.90 Å². The molecule has 15 atom stereocenters. The van der Waals surface area contributed by atoms with Crippen molar-refractivity contribution in [1.29, 1.82) is 0 Å². The van der Waals surface area contributed by atoms with Gasteiger partial charge in [-0.1, -0.05) is 120 Å². The van der Waals surface area contributed by atoms with Crippen molar-refractivity contribution in [2.24, 2.45) is 46.8 Å². The zero-order valence-corrected chi connectivity index (χ0v) is 52.1. The Bertz CT molecular complexity index is 2840. The van der Waals surface area contributed by atoms with Crippen LogP contribution in [0.25, 0.3) is 11.1 Å². The number of ether oxygens (including phenoxy) is 7. The van der Waals surface area contributed by atoms with Crippen molar-refractivity contribution in [1.82, 2.24) is 4.90 Å². The van der Waals surface area contributed by atoms with Crippen molar-refractivity contribution < 1.29 is 77.2 Å². The maximum atomic E-state index is 14.8. The van der Waals surface area contributed by atoms with Gasteiger partial charge >= 0.3 is 11.9 Å². The summed E-state index contributed by atoms with van der Waals surface area (Å²) >= 11 is 0. The third-order valence-corrected chi connectivity index (χ3v) is 19.4. The van der Waals surface area contributed by atoms with Gasteiger partial charge in [-0.15, -0.1) is 0 Å². The lowest BCUT2D eigenvalue weighted by Gasteiger charge is -2.44. The van der Waals surface area contributed by atoms with Crippen molar-refractivity contribution in [3.8, 4) is 11.1 Å². The lowest BCUT2D eigenvalue weighted by molar-refractivity contribution is -0.286. The number of cyclic esters (lactones) is 1. The number of piperidine rings is 1. The van der Waals surface area contributed by atoms with Crippen LogP contribution in [0.5, 0.6) is 0 Å². The Kier molecular flexibility index (Phi) is 22.2. The molecule has 4 aliphatic heterocycles. The Balaban J connectivity index is 1.00. The van der Waals surface area contributed by atoms with Crippen LogP contribution in [0.1, 0.15) is 144 Å². The van der Waals surface area contributed by atoms with Gasteiger partial charge in [-0.05, 0) is 125 Å².